The Morgan fingerprint density at radius 3 is 2.81 bits per heavy atom. The van der Waals surface area contributed by atoms with E-state index in [1.165, 1.54) is 18.1 Å². The van der Waals surface area contributed by atoms with Crippen LogP contribution in [-0.2, 0) is 0 Å². The molecule has 0 aliphatic heterocycles. The van der Waals surface area contributed by atoms with Gasteiger partial charge in [0.25, 0.3) is 0 Å². The summed E-state index contributed by atoms with van der Waals surface area (Å²) >= 11 is 1.35. The summed E-state index contributed by atoms with van der Waals surface area (Å²) in [5.74, 6) is 1.27. The molecule has 0 saturated carbocycles. The highest BCUT2D eigenvalue weighted by Crippen LogP contribution is 2.30. The second-order valence-electron chi connectivity index (χ2n) is 3.70. The number of nitrogens with two attached hydrogens (primary N) is 1. The van der Waals surface area contributed by atoms with E-state index >= 15 is 0 Å². The van der Waals surface area contributed by atoms with Crippen LogP contribution in [0.25, 0.3) is 0 Å². The fourth-order valence-electron chi connectivity index (χ4n) is 1.04. The molecule has 1 heterocycles. The summed E-state index contributed by atoms with van der Waals surface area (Å²) in [5.41, 5.74) is 5.26. The van der Waals surface area contributed by atoms with E-state index in [9.17, 15) is 10.1 Å². The molecule has 0 fully saturated rings. The maximum Gasteiger partial charge on any atom is 0.343 e. The Hall–Kier alpha value is -1.37. The zero-order chi connectivity index (χ0) is 12.1. The molecule has 2 N–H and O–H groups in total. The van der Waals surface area contributed by atoms with Crippen LogP contribution in [0.4, 0.5) is 11.5 Å². The van der Waals surface area contributed by atoms with Crippen LogP contribution in [0.3, 0.4) is 0 Å². The van der Waals surface area contributed by atoms with Gasteiger partial charge >= 0.3 is 5.69 Å². The lowest BCUT2D eigenvalue weighted by molar-refractivity contribution is -0.387. The van der Waals surface area contributed by atoms with Gasteiger partial charge in [-0.2, -0.15) is 0 Å². The van der Waals surface area contributed by atoms with E-state index in [4.69, 9.17) is 5.73 Å². The predicted molar refractivity (Wildman–Crippen MR) is 63.3 cm³/mol. The highest BCUT2D eigenvalue weighted by atomic mass is 32.2. The molecule has 0 spiro atoms. The van der Waals surface area contributed by atoms with Crippen LogP contribution >= 0.6 is 11.8 Å². The zero-order valence-corrected chi connectivity index (χ0v) is 10.0. The molecule has 0 bridgehead atoms. The highest BCUT2D eigenvalue weighted by Gasteiger charge is 2.20. The van der Waals surface area contributed by atoms with Crippen molar-refractivity contribution >= 4 is 23.3 Å². The molecule has 0 atom stereocenters. The van der Waals surface area contributed by atoms with Gasteiger partial charge in [-0.05, 0) is 18.1 Å². The van der Waals surface area contributed by atoms with E-state index in [1.54, 1.807) is 0 Å². The molecule has 16 heavy (non-hydrogen) atoms. The maximum absolute atomic E-state index is 10.8. The first-order chi connectivity index (χ1) is 7.52. The van der Waals surface area contributed by atoms with Crippen LogP contribution in [-0.4, -0.2) is 20.6 Å². The summed E-state index contributed by atoms with van der Waals surface area (Å²) in [6, 6.07) is 0. The van der Waals surface area contributed by atoms with Crippen LogP contribution in [0.15, 0.2) is 11.4 Å². The summed E-state index contributed by atoms with van der Waals surface area (Å²) in [4.78, 5) is 17.7. The van der Waals surface area contributed by atoms with Crippen molar-refractivity contribution in [1.82, 2.24) is 9.97 Å². The lowest BCUT2D eigenvalue weighted by Gasteiger charge is -2.04. The molecule has 88 valence electrons. The molecule has 1 aromatic rings. The number of aromatic nitrogens is 2. The number of rotatable bonds is 5. The summed E-state index contributed by atoms with van der Waals surface area (Å²) in [7, 11) is 0. The molecule has 0 unspecified atom stereocenters. The van der Waals surface area contributed by atoms with Crippen molar-refractivity contribution in [2.24, 2.45) is 5.92 Å². The second-order valence-corrected chi connectivity index (χ2v) is 4.78. The van der Waals surface area contributed by atoms with E-state index in [2.05, 4.69) is 23.8 Å². The fourth-order valence-corrected chi connectivity index (χ4v) is 2.26. The van der Waals surface area contributed by atoms with Crippen LogP contribution in [0, 0.1) is 16.0 Å². The first-order valence-electron chi connectivity index (χ1n) is 4.90. The summed E-state index contributed by atoms with van der Waals surface area (Å²) < 4.78 is 0. The Labute approximate surface area is 97.8 Å². The van der Waals surface area contributed by atoms with Crippen LogP contribution in [0.2, 0.25) is 0 Å². The topological polar surface area (TPSA) is 94.9 Å². The Balaban J connectivity index is 2.79. The number of hydrogen-bond acceptors (Lipinski definition) is 6. The number of thioether (sulfide) groups is 1. The average molecular weight is 242 g/mol. The van der Waals surface area contributed by atoms with Gasteiger partial charge in [0.2, 0.25) is 5.82 Å². The van der Waals surface area contributed by atoms with Gasteiger partial charge in [-0.25, -0.2) is 9.97 Å². The molecule has 0 amide bonds. The predicted octanol–water partition coefficient (Wildman–Crippen LogP) is 2.11. The monoisotopic (exact) mass is 242 g/mol. The van der Waals surface area contributed by atoms with E-state index in [0.717, 1.165) is 12.2 Å². The standard InChI is InChI=1S/C9H14N4O2S/c1-6(2)3-4-16-9-7(13(14)15)8(10)11-5-12-9/h5-6H,3-4H2,1-2H3,(H2,10,11,12). The lowest BCUT2D eigenvalue weighted by atomic mass is 10.2. The fraction of sp³-hybridized carbons (Fsp3) is 0.556. The largest absolute Gasteiger partial charge is 0.378 e. The van der Waals surface area contributed by atoms with E-state index in [1.807, 2.05) is 0 Å². The Bertz CT molecular complexity index is 384. The number of hydrogen-bond donors (Lipinski definition) is 1. The first-order valence-corrected chi connectivity index (χ1v) is 5.88. The second kappa shape index (κ2) is 5.64. The third-order valence-electron chi connectivity index (χ3n) is 1.93. The van der Waals surface area contributed by atoms with Gasteiger partial charge in [-0.1, -0.05) is 25.6 Å². The number of anilines is 1. The molecule has 0 aliphatic carbocycles. The lowest BCUT2D eigenvalue weighted by Crippen LogP contribution is -2.02. The van der Waals surface area contributed by atoms with E-state index in [0.29, 0.717) is 10.9 Å². The SMILES string of the molecule is CC(C)CCSc1ncnc(N)c1[N+](=O)[O-]. The first kappa shape index (κ1) is 12.7. The molecule has 6 nitrogen and oxygen atoms in total. The molecular weight excluding hydrogens is 228 g/mol. The zero-order valence-electron chi connectivity index (χ0n) is 9.21. The van der Waals surface area contributed by atoms with Crippen molar-refractivity contribution in [2.75, 3.05) is 11.5 Å². The summed E-state index contributed by atoms with van der Waals surface area (Å²) in [6.07, 6.45) is 2.23. The Kier molecular flexibility index (Phi) is 4.48. The van der Waals surface area contributed by atoms with Crippen molar-refractivity contribution in [3.63, 3.8) is 0 Å². The third-order valence-corrected chi connectivity index (χ3v) is 2.95. The minimum absolute atomic E-state index is 0.0768. The average Bonchev–Trinajstić information content (AvgIpc) is 2.16. The smallest absolute Gasteiger partial charge is 0.343 e. The highest BCUT2D eigenvalue weighted by molar-refractivity contribution is 7.99. The summed E-state index contributed by atoms with van der Waals surface area (Å²) in [5, 5.41) is 11.1. The van der Waals surface area contributed by atoms with Crippen molar-refractivity contribution in [2.45, 2.75) is 25.3 Å². The number of nitrogens with zero attached hydrogens (tertiary/aromatic N) is 3. The van der Waals surface area contributed by atoms with Crippen molar-refractivity contribution in [3.05, 3.63) is 16.4 Å². The van der Waals surface area contributed by atoms with Crippen LogP contribution < -0.4 is 5.73 Å². The van der Waals surface area contributed by atoms with Gasteiger partial charge in [0.05, 0.1) is 4.92 Å². The number of nitrogen functional groups attached to an aromatic ring is 1. The van der Waals surface area contributed by atoms with Gasteiger partial charge in [-0.15, -0.1) is 0 Å². The molecular formula is C9H14N4O2S. The van der Waals surface area contributed by atoms with E-state index < -0.39 is 4.92 Å². The molecule has 0 aromatic carbocycles. The van der Waals surface area contributed by atoms with E-state index in [-0.39, 0.29) is 11.5 Å². The normalized spacial score (nSPS) is 10.7. The third kappa shape index (κ3) is 3.34. The van der Waals surface area contributed by atoms with Gasteiger partial charge in [0, 0.05) is 0 Å². The van der Waals surface area contributed by atoms with Gasteiger partial charge in [-0.3, -0.25) is 10.1 Å². The minimum atomic E-state index is -0.535. The Morgan fingerprint density at radius 2 is 2.25 bits per heavy atom. The molecule has 7 heteroatoms. The maximum atomic E-state index is 10.8. The molecule has 1 aromatic heterocycles. The van der Waals surface area contributed by atoms with Crippen molar-refractivity contribution in [3.8, 4) is 0 Å². The number of nitro groups is 1. The van der Waals surface area contributed by atoms with Crippen molar-refractivity contribution in [1.29, 1.82) is 0 Å². The molecule has 0 radical (unpaired) electrons. The van der Waals surface area contributed by atoms with Gasteiger partial charge < -0.3 is 5.73 Å². The molecule has 0 aliphatic rings. The van der Waals surface area contributed by atoms with Crippen molar-refractivity contribution < 1.29 is 4.92 Å². The summed E-state index contributed by atoms with van der Waals surface area (Å²) in [6.45, 7) is 4.20. The van der Waals surface area contributed by atoms with Gasteiger partial charge in [0.15, 0.2) is 5.03 Å². The minimum Gasteiger partial charge on any atom is -0.378 e. The van der Waals surface area contributed by atoms with Gasteiger partial charge in [0.1, 0.15) is 6.33 Å². The molecule has 0 saturated heterocycles. The quantitative estimate of drug-likeness (QED) is 0.367. The Morgan fingerprint density at radius 1 is 1.56 bits per heavy atom. The molecule has 1 rings (SSSR count). The van der Waals surface area contributed by atoms with Crippen LogP contribution in [0.5, 0.6) is 0 Å². The van der Waals surface area contributed by atoms with Crippen LogP contribution in [0.1, 0.15) is 20.3 Å².